The van der Waals surface area contributed by atoms with Crippen molar-refractivity contribution in [3.8, 4) is 17.0 Å². The van der Waals surface area contributed by atoms with Crippen molar-refractivity contribution in [1.29, 1.82) is 0 Å². The summed E-state index contributed by atoms with van der Waals surface area (Å²) in [6.45, 7) is 0.614. The largest absolute Gasteiger partial charge is 0.494 e. The molecule has 15 heteroatoms. The molecule has 2 saturated carbocycles. The van der Waals surface area contributed by atoms with Gasteiger partial charge in [-0.25, -0.2) is 9.71 Å². The highest BCUT2D eigenvalue weighted by atomic mass is 35.5. The molecule has 45 heavy (non-hydrogen) atoms. The molecule has 238 valence electrons. The number of aromatic nitrogens is 2. The van der Waals surface area contributed by atoms with E-state index in [1.54, 1.807) is 6.07 Å². The van der Waals surface area contributed by atoms with Gasteiger partial charge < -0.3 is 19.5 Å². The zero-order valence-corrected chi connectivity index (χ0v) is 28.0. The van der Waals surface area contributed by atoms with Gasteiger partial charge >= 0.3 is 10.2 Å². The molecule has 4 heterocycles. The van der Waals surface area contributed by atoms with E-state index in [-0.39, 0.29) is 5.56 Å². The molecule has 11 nitrogen and oxygen atoms in total. The summed E-state index contributed by atoms with van der Waals surface area (Å²) in [5, 5.41) is 10.2. The van der Waals surface area contributed by atoms with Crippen molar-refractivity contribution in [1.82, 2.24) is 24.5 Å². The standard InChI is InChI=1S/C30H32Cl2N6O5S2/c1-37(2)45(40,41)36-29(39)16-9-23(42-3)27-24(10-16)44-30(34-27)38-18-11-17(12-19(38)13-18)33-14-20-26(35-43-28(20)15-7-8-15)25-21(31)5-4-6-22(25)32/h4-6,9-10,15,17-19,33H,7-8,11-14H2,1-3H3,(H,36,39). The van der Waals surface area contributed by atoms with Crippen LogP contribution in [0.1, 0.15) is 59.7 Å². The number of benzene rings is 2. The predicted molar refractivity (Wildman–Crippen MR) is 175 cm³/mol. The number of amides is 1. The number of hydrogen-bond acceptors (Lipinski definition) is 10. The summed E-state index contributed by atoms with van der Waals surface area (Å²) in [4.78, 5) is 20.1. The third-order valence-corrected chi connectivity index (χ3v) is 11.9. The maximum atomic E-state index is 12.8. The molecule has 0 spiro atoms. The lowest BCUT2D eigenvalue weighted by molar-refractivity contribution is 0.0979. The van der Waals surface area contributed by atoms with Gasteiger partial charge in [0.25, 0.3) is 5.91 Å². The number of methoxy groups -OCH3 is 1. The van der Waals surface area contributed by atoms with E-state index in [1.165, 1.54) is 38.6 Å². The van der Waals surface area contributed by atoms with Crippen LogP contribution in [0.15, 0.2) is 34.9 Å². The van der Waals surface area contributed by atoms with Crippen LogP contribution in [0, 0.1) is 0 Å². The number of thiazole rings is 1. The minimum absolute atomic E-state index is 0.185. The predicted octanol–water partition coefficient (Wildman–Crippen LogP) is 5.58. The van der Waals surface area contributed by atoms with Crippen molar-refractivity contribution >= 4 is 66.0 Å². The Balaban J connectivity index is 1.07. The molecule has 0 radical (unpaired) electrons. The van der Waals surface area contributed by atoms with Gasteiger partial charge in [-0.2, -0.15) is 12.7 Å². The van der Waals surface area contributed by atoms with Crippen molar-refractivity contribution in [3.63, 3.8) is 0 Å². The van der Waals surface area contributed by atoms with Gasteiger partial charge in [-0.3, -0.25) is 4.79 Å². The van der Waals surface area contributed by atoms with E-state index < -0.39 is 16.1 Å². The number of fused-ring (bicyclic) bond motifs is 3. The molecule has 2 unspecified atom stereocenters. The molecular formula is C30H32Cl2N6O5S2. The Morgan fingerprint density at radius 3 is 2.51 bits per heavy atom. The summed E-state index contributed by atoms with van der Waals surface area (Å²) in [6, 6.07) is 9.60. The zero-order valence-electron chi connectivity index (χ0n) is 24.8. The number of rotatable bonds is 10. The molecule has 1 amide bonds. The highest BCUT2D eigenvalue weighted by Crippen LogP contribution is 2.48. The Labute approximate surface area is 275 Å². The lowest BCUT2D eigenvalue weighted by Crippen LogP contribution is -2.64. The summed E-state index contributed by atoms with van der Waals surface area (Å²) >= 11 is 14.6. The van der Waals surface area contributed by atoms with Gasteiger partial charge in [-0.1, -0.05) is 45.8 Å². The fraction of sp³-hybridized carbons (Fsp3) is 0.433. The summed E-state index contributed by atoms with van der Waals surface area (Å²) in [6.07, 6.45) is 5.17. The normalized spacial score (nSPS) is 21.3. The first-order valence-corrected chi connectivity index (χ1v) is 17.7. The maximum Gasteiger partial charge on any atom is 0.303 e. The first-order chi connectivity index (χ1) is 21.5. The average molecular weight is 692 g/mol. The number of nitrogens with one attached hydrogen (secondary N) is 2. The number of piperidine rings is 1. The number of nitrogens with zero attached hydrogens (tertiary/aromatic N) is 4. The Morgan fingerprint density at radius 1 is 1.16 bits per heavy atom. The number of hydrogen-bond donors (Lipinski definition) is 2. The molecule has 2 saturated heterocycles. The molecule has 2 aliphatic heterocycles. The Morgan fingerprint density at radius 2 is 1.87 bits per heavy atom. The van der Waals surface area contributed by atoms with E-state index in [2.05, 4.69) is 20.1 Å². The topological polar surface area (TPSA) is 130 Å². The van der Waals surface area contributed by atoms with Crippen LogP contribution in [0.5, 0.6) is 5.75 Å². The molecule has 4 aliphatic rings. The highest BCUT2D eigenvalue weighted by Gasteiger charge is 2.47. The minimum Gasteiger partial charge on any atom is -0.494 e. The number of carbonyl (C=O) groups is 1. The quantitative estimate of drug-likeness (QED) is 0.219. The second-order valence-electron chi connectivity index (χ2n) is 12.0. The Bertz CT molecular complexity index is 1880. The molecule has 4 fully saturated rings. The number of halogens is 2. The van der Waals surface area contributed by atoms with Crippen LogP contribution in [0.25, 0.3) is 21.5 Å². The average Bonchev–Trinajstić information content (AvgIpc) is 3.62. The minimum atomic E-state index is -3.93. The highest BCUT2D eigenvalue weighted by molar-refractivity contribution is 7.87. The summed E-state index contributed by atoms with van der Waals surface area (Å²) in [5.74, 6) is 1.000. The van der Waals surface area contributed by atoms with Crippen LogP contribution in [-0.2, 0) is 16.8 Å². The van der Waals surface area contributed by atoms with Crippen LogP contribution >= 0.6 is 34.5 Å². The van der Waals surface area contributed by atoms with Crippen LogP contribution in [0.2, 0.25) is 10.0 Å². The smallest absolute Gasteiger partial charge is 0.303 e. The van der Waals surface area contributed by atoms with Gasteiger partial charge in [0.1, 0.15) is 22.7 Å². The number of anilines is 1. The van der Waals surface area contributed by atoms with Gasteiger partial charge in [0.05, 0.1) is 21.9 Å². The molecule has 2 aliphatic carbocycles. The van der Waals surface area contributed by atoms with Gasteiger partial charge in [-0.15, -0.1) is 0 Å². The molecule has 2 aromatic carbocycles. The van der Waals surface area contributed by atoms with Crippen LogP contribution < -0.4 is 19.7 Å². The maximum absolute atomic E-state index is 12.8. The monoisotopic (exact) mass is 690 g/mol. The van der Waals surface area contributed by atoms with E-state index in [9.17, 15) is 13.2 Å². The van der Waals surface area contributed by atoms with Crippen molar-refractivity contribution < 1.29 is 22.5 Å². The SMILES string of the molecule is COc1cc(C(=O)NS(=O)(=O)N(C)C)cc2sc(N3C4CC(NCc5c(-c6c(Cl)cccc6Cl)noc5C5CC5)CC3C4)nc12. The van der Waals surface area contributed by atoms with E-state index in [4.69, 9.17) is 37.4 Å². The van der Waals surface area contributed by atoms with Crippen molar-refractivity contribution in [3.05, 3.63) is 57.3 Å². The summed E-state index contributed by atoms with van der Waals surface area (Å²) in [5.41, 5.74) is 3.27. The molecule has 4 aromatic rings. The fourth-order valence-electron chi connectivity index (χ4n) is 6.33. The summed E-state index contributed by atoms with van der Waals surface area (Å²) in [7, 11) is 0.284. The molecular weight excluding hydrogens is 659 g/mol. The second kappa shape index (κ2) is 11.7. The first kappa shape index (κ1) is 30.7. The number of ether oxygens (including phenoxy) is 1. The molecule has 2 aromatic heterocycles. The first-order valence-electron chi connectivity index (χ1n) is 14.7. The molecule has 2 bridgehead atoms. The second-order valence-corrected chi connectivity index (χ2v) is 15.7. The Hall–Kier alpha value is -2.94. The van der Waals surface area contributed by atoms with Crippen LogP contribution in [0.4, 0.5) is 5.13 Å². The van der Waals surface area contributed by atoms with Crippen molar-refractivity contribution in [2.75, 3.05) is 26.1 Å². The van der Waals surface area contributed by atoms with E-state index in [0.29, 0.717) is 63.2 Å². The fourth-order valence-corrected chi connectivity index (χ4v) is 8.61. The lowest BCUT2D eigenvalue weighted by Gasteiger charge is -2.55. The summed E-state index contributed by atoms with van der Waals surface area (Å²) < 4.78 is 39.6. The third kappa shape index (κ3) is 5.68. The zero-order chi connectivity index (χ0) is 31.6. The van der Waals surface area contributed by atoms with Crippen LogP contribution in [-0.4, -0.2) is 68.1 Å². The van der Waals surface area contributed by atoms with E-state index in [0.717, 1.165) is 57.6 Å². The Kier molecular flexibility index (Phi) is 7.98. The van der Waals surface area contributed by atoms with E-state index >= 15 is 0 Å². The number of carbonyl (C=O) groups excluding carboxylic acids is 1. The lowest BCUT2D eigenvalue weighted by atomic mass is 9.77. The van der Waals surface area contributed by atoms with Gasteiger partial charge in [-0.05, 0) is 56.4 Å². The van der Waals surface area contributed by atoms with Gasteiger partial charge in [0.2, 0.25) is 0 Å². The van der Waals surface area contributed by atoms with Crippen molar-refractivity contribution in [2.45, 2.75) is 62.7 Å². The third-order valence-electron chi connectivity index (χ3n) is 8.83. The molecule has 2 N–H and O–H groups in total. The molecule has 8 rings (SSSR count). The van der Waals surface area contributed by atoms with Crippen LogP contribution in [0.3, 0.4) is 0 Å². The van der Waals surface area contributed by atoms with E-state index in [1.807, 2.05) is 18.2 Å². The van der Waals surface area contributed by atoms with Gasteiger partial charge in [0, 0.05) is 61.4 Å². The van der Waals surface area contributed by atoms with Gasteiger partial charge in [0.15, 0.2) is 5.13 Å². The van der Waals surface area contributed by atoms with Crippen molar-refractivity contribution in [2.24, 2.45) is 0 Å². The molecule has 2 atom stereocenters.